The van der Waals surface area contributed by atoms with Gasteiger partial charge in [0.25, 0.3) is 0 Å². The molecule has 0 aliphatic carbocycles. The summed E-state index contributed by atoms with van der Waals surface area (Å²) >= 11 is 6.09. The number of hydrogen-bond acceptors (Lipinski definition) is 4. The smallest absolute Gasteiger partial charge is 0.307 e. The molecule has 0 amide bonds. The predicted molar refractivity (Wildman–Crippen MR) is 69.5 cm³/mol. The molecule has 0 heterocycles. The van der Waals surface area contributed by atoms with Crippen molar-refractivity contribution in [2.45, 2.75) is 18.2 Å². The van der Waals surface area contributed by atoms with Gasteiger partial charge >= 0.3 is 5.97 Å². The van der Waals surface area contributed by atoms with E-state index in [0.717, 1.165) is 5.56 Å². The minimum atomic E-state index is -0.310. The molecule has 4 nitrogen and oxygen atoms in total. The molecule has 0 fully saturated rings. The SMILES string of the molecule is COC(=O)CC(Cl)Cc1ccc(OC)c(OC)c1. The minimum Gasteiger partial charge on any atom is -0.493 e. The van der Waals surface area contributed by atoms with Crippen LogP contribution in [0.4, 0.5) is 0 Å². The van der Waals surface area contributed by atoms with E-state index in [1.54, 1.807) is 14.2 Å². The first-order chi connectivity index (χ1) is 8.60. The maximum Gasteiger partial charge on any atom is 0.307 e. The highest BCUT2D eigenvalue weighted by Gasteiger charge is 2.13. The van der Waals surface area contributed by atoms with Crippen molar-refractivity contribution >= 4 is 17.6 Å². The van der Waals surface area contributed by atoms with E-state index < -0.39 is 0 Å². The first-order valence-corrected chi connectivity index (χ1v) is 5.96. The van der Waals surface area contributed by atoms with Crippen molar-refractivity contribution in [3.05, 3.63) is 23.8 Å². The molecule has 1 aromatic carbocycles. The lowest BCUT2D eigenvalue weighted by atomic mass is 10.1. The Balaban J connectivity index is 2.70. The van der Waals surface area contributed by atoms with Gasteiger partial charge in [-0.1, -0.05) is 6.07 Å². The number of benzene rings is 1. The van der Waals surface area contributed by atoms with Crippen molar-refractivity contribution in [3.8, 4) is 11.5 Å². The second-order valence-electron chi connectivity index (χ2n) is 3.77. The van der Waals surface area contributed by atoms with Crippen molar-refractivity contribution in [1.29, 1.82) is 0 Å². The van der Waals surface area contributed by atoms with Crippen LogP contribution < -0.4 is 9.47 Å². The van der Waals surface area contributed by atoms with E-state index >= 15 is 0 Å². The van der Waals surface area contributed by atoms with Crippen molar-refractivity contribution in [3.63, 3.8) is 0 Å². The van der Waals surface area contributed by atoms with Gasteiger partial charge in [-0.2, -0.15) is 0 Å². The van der Waals surface area contributed by atoms with Gasteiger partial charge in [0.05, 0.1) is 27.8 Å². The summed E-state index contributed by atoms with van der Waals surface area (Å²) in [6, 6.07) is 5.56. The second-order valence-corrected chi connectivity index (χ2v) is 4.39. The molecule has 1 rings (SSSR count). The lowest BCUT2D eigenvalue weighted by Gasteiger charge is -2.11. The molecule has 0 spiro atoms. The molecule has 1 aromatic rings. The molecule has 0 aliphatic rings. The zero-order valence-electron chi connectivity index (χ0n) is 10.7. The average molecular weight is 273 g/mol. The van der Waals surface area contributed by atoms with Gasteiger partial charge in [0.2, 0.25) is 0 Å². The maximum atomic E-state index is 11.1. The normalized spacial score (nSPS) is 11.8. The summed E-state index contributed by atoms with van der Waals surface area (Å²) in [5.41, 5.74) is 0.983. The molecule has 5 heteroatoms. The molecule has 1 unspecified atom stereocenters. The van der Waals surface area contributed by atoms with Crippen LogP contribution >= 0.6 is 11.6 Å². The third kappa shape index (κ3) is 4.11. The molecule has 0 N–H and O–H groups in total. The fraction of sp³-hybridized carbons (Fsp3) is 0.462. The molecule has 18 heavy (non-hydrogen) atoms. The zero-order chi connectivity index (χ0) is 13.5. The molecule has 1 atom stereocenters. The van der Waals surface area contributed by atoms with E-state index in [9.17, 15) is 4.79 Å². The molecule has 0 saturated heterocycles. The summed E-state index contributed by atoms with van der Waals surface area (Å²) in [7, 11) is 4.51. The Morgan fingerprint density at radius 1 is 1.22 bits per heavy atom. The van der Waals surface area contributed by atoms with Crippen LogP contribution in [0.15, 0.2) is 18.2 Å². The van der Waals surface area contributed by atoms with E-state index in [1.165, 1.54) is 7.11 Å². The maximum absolute atomic E-state index is 11.1. The third-order valence-electron chi connectivity index (χ3n) is 2.52. The monoisotopic (exact) mass is 272 g/mol. The Hall–Kier alpha value is -1.42. The molecule has 0 aromatic heterocycles. The number of ether oxygens (including phenoxy) is 3. The van der Waals surface area contributed by atoms with E-state index in [2.05, 4.69) is 4.74 Å². The molecule has 0 bridgehead atoms. The quantitative estimate of drug-likeness (QED) is 0.589. The van der Waals surface area contributed by atoms with Crippen LogP contribution in [0, 0.1) is 0 Å². The van der Waals surface area contributed by atoms with E-state index in [1.807, 2.05) is 18.2 Å². The summed E-state index contributed by atoms with van der Waals surface area (Å²) in [6.45, 7) is 0. The van der Waals surface area contributed by atoms with Gasteiger partial charge in [0.15, 0.2) is 11.5 Å². The van der Waals surface area contributed by atoms with Gasteiger partial charge in [-0.05, 0) is 24.1 Å². The summed E-state index contributed by atoms with van der Waals surface area (Å²) < 4.78 is 14.9. The predicted octanol–water partition coefficient (Wildman–Crippen LogP) is 2.42. The Morgan fingerprint density at radius 2 is 1.89 bits per heavy atom. The van der Waals surface area contributed by atoms with Gasteiger partial charge < -0.3 is 14.2 Å². The van der Waals surface area contributed by atoms with Gasteiger partial charge in [-0.3, -0.25) is 4.79 Å². The highest BCUT2D eigenvalue weighted by atomic mass is 35.5. The second kappa shape index (κ2) is 7.11. The summed E-state index contributed by atoms with van der Waals surface area (Å²) in [6.07, 6.45) is 0.753. The van der Waals surface area contributed by atoms with E-state index in [0.29, 0.717) is 17.9 Å². The molecule has 0 radical (unpaired) electrons. The number of rotatable bonds is 6. The fourth-order valence-corrected chi connectivity index (χ4v) is 1.90. The lowest BCUT2D eigenvalue weighted by molar-refractivity contribution is -0.140. The highest BCUT2D eigenvalue weighted by molar-refractivity contribution is 6.21. The Labute approximate surface area is 112 Å². The van der Waals surface area contributed by atoms with Crippen molar-refractivity contribution in [1.82, 2.24) is 0 Å². The van der Waals surface area contributed by atoms with Crippen LogP contribution in [0.5, 0.6) is 11.5 Å². The number of alkyl halides is 1. The van der Waals surface area contributed by atoms with Crippen LogP contribution in [-0.2, 0) is 16.0 Å². The number of halogens is 1. The summed E-state index contributed by atoms with van der Waals surface area (Å²) in [5.74, 6) is 1.01. The lowest BCUT2D eigenvalue weighted by Crippen LogP contribution is -2.12. The molecular formula is C13H17ClO4. The van der Waals surface area contributed by atoms with Gasteiger partial charge in [-0.15, -0.1) is 11.6 Å². The fourth-order valence-electron chi connectivity index (χ4n) is 1.60. The summed E-state index contributed by atoms with van der Waals surface area (Å²) in [4.78, 5) is 11.1. The van der Waals surface area contributed by atoms with Gasteiger partial charge in [0, 0.05) is 5.38 Å². The third-order valence-corrected chi connectivity index (χ3v) is 2.83. The van der Waals surface area contributed by atoms with Crippen LogP contribution in [-0.4, -0.2) is 32.7 Å². The van der Waals surface area contributed by atoms with Crippen molar-refractivity contribution in [2.24, 2.45) is 0 Å². The van der Waals surface area contributed by atoms with E-state index in [4.69, 9.17) is 21.1 Å². The Kier molecular flexibility index (Phi) is 5.78. The number of esters is 1. The highest BCUT2D eigenvalue weighted by Crippen LogP contribution is 2.28. The number of carbonyl (C=O) groups is 1. The summed E-state index contributed by atoms with van der Waals surface area (Å²) in [5, 5.41) is -0.296. The Morgan fingerprint density at radius 3 is 2.44 bits per heavy atom. The zero-order valence-corrected chi connectivity index (χ0v) is 11.5. The standard InChI is InChI=1S/C13H17ClO4/c1-16-11-5-4-9(7-12(11)17-2)6-10(14)8-13(15)18-3/h4-5,7,10H,6,8H2,1-3H3. The van der Waals surface area contributed by atoms with Gasteiger partial charge in [0.1, 0.15) is 0 Å². The number of hydrogen-bond donors (Lipinski definition) is 0. The Bertz CT molecular complexity index is 406. The van der Waals surface area contributed by atoms with Gasteiger partial charge in [-0.25, -0.2) is 0 Å². The topological polar surface area (TPSA) is 44.8 Å². The van der Waals surface area contributed by atoms with Crippen LogP contribution in [0.2, 0.25) is 0 Å². The van der Waals surface area contributed by atoms with Crippen molar-refractivity contribution in [2.75, 3.05) is 21.3 Å². The van der Waals surface area contributed by atoms with Crippen LogP contribution in [0.3, 0.4) is 0 Å². The molecule has 0 aliphatic heterocycles. The first kappa shape index (κ1) is 14.6. The molecule has 100 valence electrons. The molecule has 0 saturated carbocycles. The molecular weight excluding hydrogens is 256 g/mol. The van der Waals surface area contributed by atoms with Crippen LogP contribution in [0.25, 0.3) is 0 Å². The minimum absolute atomic E-state index is 0.187. The average Bonchev–Trinajstić information content (AvgIpc) is 2.38. The van der Waals surface area contributed by atoms with Crippen molar-refractivity contribution < 1.29 is 19.0 Å². The number of methoxy groups -OCH3 is 3. The van der Waals surface area contributed by atoms with Crippen LogP contribution in [0.1, 0.15) is 12.0 Å². The number of carbonyl (C=O) groups excluding carboxylic acids is 1. The largest absolute Gasteiger partial charge is 0.493 e. The first-order valence-electron chi connectivity index (χ1n) is 5.52. The van der Waals surface area contributed by atoms with E-state index in [-0.39, 0.29) is 17.8 Å².